The molecule has 0 saturated heterocycles. The Hall–Kier alpha value is -2.76. The van der Waals surface area contributed by atoms with E-state index in [1.165, 1.54) is 5.56 Å². The van der Waals surface area contributed by atoms with Gasteiger partial charge in [-0.2, -0.15) is 11.8 Å². The van der Waals surface area contributed by atoms with Crippen LogP contribution in [0.25, 0.3) is 0 Å². The first-order chi connectivity index (χ1) is 17.1. The molecule has 0 saturated carbocycles. The van der Waals surface area contributed by atoms with Gasteiger partial charge in [0.2, 0.25) is 11.8 Å². The van der Waals surface area contributed by atoms with E-state index in [0.29, 0.717) is 36.7 Å². The molecule has 3 aromatic carbocycles. The van der Waals surface area contributed by atoms with Gasteiger partial charge < -0.3 is 10.2 Å². The Morgan fingerprint density at radius 3 is 2.20 bits per heavy atom. The van der Waals surface area contributed by atoms with Crippen molar-refractivity contribution in [1.29, 1.82) is 0 Å². The maximum Gasteiger partial charge on any atom is 0.243 e. The van der Waals surface area contributed by atoms with Crippen molar-refractivity contribution in [3.05, 3.63) is 107 Å². The third-order valence-electron chi connectivity index (χ3n) is 5.69. The van der Waals surface area contributed by atoms with E-state index in [-0.39, 0.29) is 11.8 Å². The third-order valence-corrected chi connectivity index (χ3v) is 7.09. The lowest BCUT2D eigenvalue weighted by Gasteiger charge is -2.32. The van der Waals surface area contributed by atoms with E-state index < -0.39 is 6.04 Å². The molecule has 0 spiro atoms. The first-order valence-corrected chi connectivity index (χ1v) is 13.6. The average Bonchev–Trinajstić information content (AvgIpc) is 2.89. The number of thioether (sulfide) groups is 1. The molecule has 0 aromatic heterocycles. The van der Waals surface area contributed by atoms with E-state index in [9.17, 15) is 9.59 Å². The van der Waals surface area contributed by atoms with Crippen LogP contribution in [-0.4, -0.2) is 35.1 Å². The van der Waals surface area contributed by atoms with Crippen molar-refractivity contribution in [3.63, 3.8) is 0 Å². The molecule has 6 heteroatoms. The van der Waals surface area contributed by atoms with E-state index in [1.807, 2.05) is 79.7 Å². The first-order valence-electron chi connectivity index (χ1n) is 12.0. The van der Waals surface area contributed by atoms with Gasteiger partial charge in [0.05, 0.1) is 0 Å². The van der Waals surface area contributed by atoms with E-state index in [1.54, 1.807) is 16.7 Å². The van der Waals surface area contributed by atoms with E-state index >= 15 is 0 Å². The Bertz CT molecular complexity index is 1060. The topological polar surface area (TPSA) is 49.4 Å². The summed E-state index contributed by atoms with van der Waals surface area (Å²) in [6, 6.07) is 27.0. The summed E-state index contributed by atoms with van der Waals surface area (Å²) in [5, 5.41) is 3.60. The first kappa shape index (κ1) is 26.8. The Labute approximate surface area is 218 Å². The predicted molar refractivity (Wildman–Crippen MR) is 146 cm³/mol. The SMILES string of the molecule is CCCNC(=O)C(Cc1ccccc1)N(Cc1ccccc1Cl)C(=O)CCSCc1ccccc1. The highest BCUT2D eigenvalue weighted by Crippen LogP contribution is 2.22. The summed E-state index contributed by atoms with van der Waals surface area (Å²) in [5.41, 5.74) is 3.08. The van der Waals surface area contributed by atoms with E-state index in [4.69, 9.17) is 11.6 Å². The Balaban J connectivity index is 1.79. The Morgan fingerprint density at radius 1 is 0.914 bits per heavy atom. The third kappa shape index (κ3) is 8.75. The quantitative estimate of drug-likeness (QED) is 0.282. The zero-order valence-corrected chi connectivity index (χ0v) is 21.7. The molecular formula is C29H33ClN2O2S. The Kier molecular flexibility index (Phi) is 11.2. The molecule has 4 nitrogen and oxygen atoms in total. The molecule has 0 bridgehead atoms. The Morgan fingerprint density at radius 2 is 1.54 bits per heavy atom. The molecule has 35 heavy (non-hydrogen) atoms. The molecule has 0 radical (unpaired) electrons. The summed E-state index contributed by atoms with van der Waals surface area (Å²) >= 11 is 8.18. The minimum atomic E-state index is -0.619. The van der Waals surface area contributed by atoms with Gasteiger partial charge in [-0.3, -0.25) is 9.59 Å². The fourth-order valence-electron chi connectivity index (χ4n) is 3.80. The fourth-order valence-corrected chi connectivity index (χ4v) is 4.88. The number of halogens is 1. The fraction of sp³-hybridized carbons (Fsp3) is 0.310. The van der Waals surface area contributed by atoms with E-state index in [2.05, 4.69) is 17.4 Å². The summed E-state index contributed by atoms with van der Waals surface area (Å²) in [7, 11) is 0. The van der Waals surface area contributed by atoms with Crippen LogP contribution < -0.4 is 5.32 Å². The van der Waals surface area contributed by atoms with Crippen LogP contribution >= 0.6 is 23.4 Å². The molecule has 1 unspecified atom stereocenters. The molecule has 1 N–H and O–H groups in total. The van der Waals surface area contributed by atoms with Gasteiger partial charge in [-0.1, -0.05) is 97.4 Å². The zero-order valence-electron chi connectivity index (χ0n) is 20.2. The highest BCUT2D eigenvalue weighted by Gasteiger charge is 2.30. The molecule has 3 rings (SSSR count). The van der Waals surface area contributed by atoms with Crippen molar-refractivity contribution >= 4 is 35.2 Å². The van der Waals surface area contributed by atoms with Crippen molar-refractivity contribution in [2.45, 2.75) is 44.5 Å². The second kappa shape index (κ2) is 14.6. The van der Waals surface area contributed by atoms with Crippen LogP contribution in [0.15, 0.2) is 84.9 Å². The second-order valence-corrected chi connectivity index (χ2v) is 9.91. The summed E-state index contributed by atoms with van der Waals surface area (Å²) in [4.78, 5) is 28.6. The number of nitrogens with zero attached hydrogens (tertiary/aromatic N) is 1. The number of nitrogens with one attached hydrogen (secondary N) is 1. The van der Waals surface area contributed by atoms with Crippen LogP contribution in [0.1, 0.15) is 36.5 Å². The lowest BCUT2D eigenvalue weighted by Crippen LogP contribution is -2.50. The second-order valence-electron chi connectivity index (χ2n) is 8.40. The van der Waals surface area contributed by atoms with Gasteiger partial charge in [0.1, 0.15) is 6.04 Å². The smallest absolute Gasteiger partial charge is 0.243 e. The van der Waals surface area contributed by atoms with Crippen molar-refractivity contribution in [2.75, 3.05) is 12.3 Å². The molecule has 0 fully saturated rings. The van der Waals surface area contributed by atoms with Crippen molar-refractivity contribution < 1.29 is 9.59 Å². The average molecular weight is 509 g/mol. The summed E-state index contributed by atoms with van der Waals surface area (Å²) in [6.45, 7) is 2.88. The predicted octanol–water partition coefficient (Wildman–Crippen LogP) is 6.13. The maximum absolute atomic E-state index is 13.6. The minimum Gasteiger partial charge on any atom is -0.354 e. The van der Waals surface area contributed by atoms with Crippen molar-refractivity contribution in [1.82, 2.24) is 10.2 Å². The molecule has 0 aliphatic rings. The van der Waals surface area contributed by atoms with Crippen LogP contribution in [-0.2, 0) is 28.3 Å². The van der Waals surface area contributed by atoms with Gasteiger partial charge in [-0.15, -0.1) is 0 Å². The van der Waals surface area contributed by atoms with Crippen LogP contribution in [0.3, 0.4) is 0 Å². The maximum atomic E-state index is 13.6. The molecule has 184 valence electrons. The minimum absolute atomic E-state index is 0.0435. The molecule has 0 aliphatic carbocycles. The van der Waals surface area contributed by atoms with Gasteiger partial charge in [0, 0.05) is 42.5 Å². The monoisotopic (exact) mass is 508 g/mol. The zero-order chi connectivity index (χ0) is 24.9. The molecule has 1 atom stereocenters. The number of rotatable bonds is 13. The number of hydrogen-bond acceptors (Lipinski definition) is 3. The van der Waals surface area contributed by atoms with Gasteiger partial charge in [0.25, 0.3) is 0 Å². The lowest BCUT2D eigenvalue weighted by atomic mass is 10.0. The molecule has 0 heterocycles. The van der Waals surface area contributed by atoms with Crippen LogP contribution in [0, 0.1) is 0 Å². The summed E-state index contributed by atoms with van der Waals surface area (Å²) < 4.78 is 0. The molecule has 2 amide bonds. The van der Waals surface area contributed by atoms with Crippen LogP contribution in [0.5, 0.6) is 0 Å². The number of hydrogen-bond donors (Lipinski definition) is 1. The van der Waals surface area contributed by atoms with Gasteiger partial charge >= 0.3 is 0 Å². The highest BCUT2D eigenvalue weighted by molar-refractivity contribution is 7.98. The lowest BCUT2D eigenvalue weighted by molar-refractivity contribution is -0.141. The summed E-state index contributed by atoms with van der Waals surface area (Å²) in [6.07, 6.45) is 1.64. The standard InChI is InChI=1S/C29H33ClN2O2S/c1-2-18-31-29(34)27(20-23-11-5-3-6-12-23)32(21-25-15-9-10-16-26(25)30)28(33)17-19-35-22-24-13-7-4-8-14-24/h3-16,27H,2,17-22H2,1H3,(H,31,34). The van der Waals surface area contributed by atoms with Gasteiger partial charge in [-0.05, 0) is 29.2 Å². The highest BCUT2D eigenvalue weighted by atomic mass is 35.5. The van der Waals surface area contributed by atoms with E-state index in [0.717, 1.165) is 23.3 Å². The molecular weight excluding hydrogens is 476 g/mol. The van der Waals surface area contributed by atoms with Crippen LogP contribution in [0.2, 0.25) is 5.02 Å². The van der Waals surface area contributed by atoms with Gasteiger partial charge in [0.15, 0.2) is 0 Å². The normalized spacial score (nSPS) is 11.6. The number of carbonyl (C=O) groups excluding carboxylic acids is 2. The van der Waals surface area contributed by atoms with Gasteiger partial charge in [-0.25, -0.2) is 0 Å². The number of amides is 2. The van der Waals surface area contributed by atoms with Crippen molar-refractivity contribution in [3.8, 4) is 0 Å². The largest absolute Gasteiger partial charge is 0.354 e. The molecule has 0 aliphatic heterocycles. The van der Waals surface area contributed by atoms with Crippen molar-refractivity contribution in [2.24, 2.45) is 0 Å². The molecule has 3 aromatic rings. The number of benzene rings is 3. The summed E-state index contributed by atoms with van der Waals surface area (Å²) in [5.74, 6) is 1.36. The van der Waals surface area contributed by atoms with Crippen LogP contribution in [0.4, 0.5) is 0 Å². The number of carbonyl (C=O) groups is 2.